The molecule has 1 heterocycles. The molecule has 4 heteroatoms. The molecule has 4 nitrogen and oxygen atoms in total. The molecule has 2 rings (SSSR count). The number of imide groups is 1. The van der Waals surface area contributed by atoms with Crippen molar-refractivity contribution < 1.29 is 14.7 Å². The molecule has 0 saturated carbocycles. The van der Waals surface area contributed by atoms with Gasteiger partial charge in [0, 0.05) is 6.54 Å². The topological polar surface area (TPSA) is 57.6 Å². The van der Waals surface area contributed by atoms with Crippen molar-refractivity contribution in [2.45, 2.75) is 6.92 Å². The number of nitrogens with zero attached hydrogens (tertiary/aromatic N) is 1. The van der Waals surface area contributed by atoms with Gasteiger partial charge in [0.05, 0.1) is 17.7 Å². The molecular formula is C13H13NO3. The smallest absolute Gasteiger partial charge is 0.261 e. The molecule has 17 heavy (non-hydrogen) atoms. The van der Waals surface area contributed by atoms with Crippen molar-refractivity contribution in [3.63, 3.8) is 0 Å². The van der Waals surface area contributed by atoms with Crippen LogP contribution in [-0.2, 0) is 0 Å². The Bertz CT molecular complexity index is 470. The number of benzene rings is 1. The Balaban J connectivity index is 2.25. The van der Waals surface area contributed by atoms with Crippen LogP contribution in [0.4, 0.5) is 0 Å². The average Bonchev–Trinajstić information content (AvgIpc) is 2.60. The molecule has 0 fully saturated rings. The van der Waals surface area contributed by atoms with E-state index in [4.69, 9.17) is 5.11 Å². The number of carbonyl (C=O) groups is 2. The molecule has 1 N–H and O–H groups in total. The summed E-state index contributed by atoms with van der Waals surface area (Å²) in [5.41, 5.74) is 1.64. The van der Waals surface area contributed by atoms with Crippen LogP contribution >= 0.6 is 0 Å². The zero-order valence-corrected chi connectivity index (χ0v) is 9.51. The molecule has 1 aliphatic rings. The molecule has 2 amide bonds. The van der Waals surface area contributed by atoms with Gasteiger partial charge in [-0.1, -0.05) is 23.8 Å². The maximum absolute atomic E-state index is 11.9. The molecule has 0 radical (unpaired) electrons. The molecule has 0 atom stereocenters. The second-order valence-electron chi connectivity index (χ2n) is 3.98. The van der Waals surface area contributed by atoms with Gasteiger partial charge in [-0.2, -0.15) is 0 Å². The number of amides is 2. The van der Waals surface area contributed by atoms with E-state index < -0.39 is 0 Å². The fraction of sp³-hybridized carbons (Fsp3) is 0.231. The third-order valence-corrected chi connectivity index (χ3v) is 2.75. The summed E-state index contributed by atoms with van der Waals surface area (Å²) >= 11 is 0. The van der Waals surface area contributed by atoms with Crippen LogP contribution in [-0.4, -0.2) is 35.0 Å². The molecule has 1 aromatic carbocycles. The van der Waals surface area contributed by atoms with Crippen LogP contribution in [0.2, 0.25) is 0 Å². The Morgan fingerprint density at radius 1 is 1.24 bits per heavy atom. The van der Waals surface area contributed by atoms with E-state index in [1.807, 2.05) is 0 Å². The number of fused-ring (bicyclic) bond motifs is 1. The summed E-state index contributed by atoms with van der Waals surface area (Å²) in [5.74, 6) is -0.542. The highest BCUT2D eigenvalue weighted by Gasteiger charge is 2.34. The summed E-state index contributed by atoms with van der Waals surface area (Å²) in [6.45, 7) is 1.89. The standard InChI is InChI=1S/C13H13NO3/c1-9(8-15)6-7-14-12(16)10-4-2-3-5-11(10)13(14)17/h2-6,15H,7-8H2,1H3/b9-6+. The van der Waals surface area contributed by atoms with E-state index in [9.17, 15) is 9.59 Å². The molecular weight excluding hydrogens is 218 g/mol. The van der Waals surface area contributed by atoms with Crippen LogP contribution in [0, 0.1) is 0 Å². The molecule has 0 aliphatic carbocycles. The minimum atomic E-state index is -0.271. The van der Waals surface area contributed by atoms with Crippen LogP contribution in [0.25, 0.3) is 0 Å². The highest BCUT2D eigenvalue weighted by atomic mass is 16.3. The van der Waals surface area contributed by atoms with Crippen LogP contribution in [0.15, 0.2) is 35.9 Å². The van der Waals surface area contributed by atoms with E-state index in [-0.39, 0.29) is 25.0 Å². The Morgan fingerprint density at radius 2 is 1.76 bits per heavy atom. The fourth-order valence-corrected chi connectivity index (χ4v) is 1.72. The first-order valence-corrected chi connectivity index (χ1v) is 5.37. The summed E-state index contributed by atoms with van der Waals surface area (Å²) in [6, 6.07) is 6.78. The van der Waals surface area contributed by atoms with E-state index >= 15 is 0 Å². The number of hydrogen-bond acceptors (Lipinski definition) is 3. The fourth-order valence-electron chi connectivity index (χ4n) is 1.72. The zero-order chi connectivity index (χ0) is 12.4. The lowest BCUT2D eigenvalue weighted by Gasteiger charge is -2.11. The monoisotopic (exact) mass is 231 g/mol. The second-order valence-corrected chi connectivity index (χ2v) is 3.98. The van der Waals surface area contributed by atoms with Crippen molar-refractivity contribution in [3.05, 3.63) is 47.0 Å². The van der Waals surface area contributed by atoms with Gasteiger partial charge >= 0.3 is 0 Å². The zero-order valence-electron chi connectivity index (χ0n) is 9.51. The Hall–Kier alpha value is -1.94. The first-order valence-electron chi connectivity index (χ1n) is 5.37. The SMILES string of the molecule is C/C(=C\CN1C(=O)c2ccccc2C1=O)CO. The van der Waals surface area contributed by atoms with E-state index in [1.54, 1.807) is 37.3 Å². The molecule has 1 aliphatic heterocycles. The van der Waals surface area contributed by atoms with Gasteiger partial charge in [0.15, 0.2) is 0 Å². The van der Waals surface area contributed by atoms with Gasteiger partial charge in [-0.25, -0.2) is 0 Å². The van der Waals surface area contributed by atoms with Crippen LogP contribution < -0.4 is 0 Å². The number of aliphatic hydroxyl groups is 1. The minimum absolute atomic E-state index is 0.0663. The third-order valence-electron chi connectivity index (χ3n) is 2.75. The average molecular weight is 231 g/mol. The highest BCUT2D eigenvalue weighted by molar-refractivity contribution is 6.21. The lowest BCUT2D eigenvalue weighted by molar-refractivity contribution is 0.0671. The molecule has 0 unspecified atom stereocenters. The number of rotatable bonds is 3. The van der Waals surface area contributed by atoms with Crippen molar-refractivity contribution in [1.29, 1.82) is 0 Å². The summed E-state index contributed by atoms with van der Waals surface area (Å²) in [4.78, 5) is 25.0. The van der Waals surface area contributed by atoms with E-state index in [0.717, 1.165) is 5.57 Å². The van der Waals surface area contributed by atoms with Gasteiger partial charge in [-0.05, 0) is 19.1 Å². The first kappa shape index (κ1) is 11.5. The van der Waals surface area contributed by atoms with Crippen LogP contribution in [0.1, 0.15) is 27.6 Å². The number of aliphatic hydroxyl groups excluding tert-OH is 1. The summed E-state index contributed by atoms with van der Waals surface area (Å²) in [6.07, 6.45) is 1.68. The number of hydrogen-bond donors (Lipinski definition) is 1. The van der Waals surface area contributed by atoms with Crippen LogP contribution in [0.3, 0.4) is 0 Å². The van der Waals surface area contributed by atoms with Gasteiger partial charge in [0.25, 0.3) is 11.8 Å². The molecule has 88 valence electrons. The number of carbonyl (C=O) groups excluding carboxylic acids is 2. The summed E-state index contributed by atoms with van der Waals surface area (Å²) in [5, 5.41) is 8.86. The minimum Gasteiger partial charge on any atom is -0.392 e. The Kier molecular flexibility index (Phi) is 3.06. The largest absolute Gasteiger partial charge is 0.392 e. The first-order chi connectivity index (χ1) is 8.15. The maximum atomic E-state index is 11.9. The molecule has 1 aromatic rings. The lowest BCUT2D eigenvalue weighted by atomic mass is 10.1. The normalized spacial score (nSPS) is 15.4. The predicted molar refractivity (Wildman–Crippen MR) is 62.7 cm³/mol. The summed E-state index contributed by atoms with van der Waals surface area (Å²) < 4.78 is 0. The molecule has 0 saturated heterocycles. The quantitative estimate of drug-likeness (QED) is 0.628. The Labute approximate surface area is 99.2 Å². The third kappa shape index (κ3) is 1.99. The van der Waals surface area contributed by atoms with Crippen molar-refractivity contribution >= 4 is 11.8 Å². The predicted octanol–water partition coefficient (Wildman–Crippen LogP) is 1.22. The summed E-state index contributed by atoms with van der Waals surface area (Å²) in [7, 11) is 0. The van der Waals surface area contributed by atoms with E-state index in [2.05, 4.69) is 0 Å². The van der Waals surface area contributed by atoms with Crippen molar-refractivity contribution in [3.8, 4) is 0 Å². The van der Waals surface area contributed by atoms with E-state index in [1.165, 1.54) is 4.90 Å². The van der Waals surface area contributed by atoms with Crippen molar-refractivity contribution in [1.82, 2.24) is 4.90 Å². The molecule has 0 bridgehead atoms. The van der Waals surface area contributed by atoms with Gasteiger partial charge in [0.2, 0.25) is 0 Å². The van der Waals surface area contributed by atoms with Gasteiger partial charge in [0.1, 0.15) is 0 Å². The van der Waals surface area contributed by atoms with Gasteiger partial charge in [-0.3, -0.25) is 14.5 Å². The van der Waals surface area contributed by atoms with E-state index in [0.29, 0.717) is 11.1 Å². The maximum Gasteiger partial charge on any atom is 0.261 e. The van der Waals surface area contributed by atoms with Gasteiger partial charge < -0.3 is 5.11 Å². The van der Waals surface area contributed by atoms with Crippen molar-refractivity contribution in [2.75, 3.05) is 13.2 Å². The van der Waals surface area contributed by atoms with Crippen LogP contribution in [0.5, 0.6) is 0 Å². The molecule has 0 aromatic heterocycles. The second kappa shape index (κ2) is 4.51. The van der Waals surface area contributed by atoms with Crippen molar-refractivity contribution in [2.24, 2.45) is 0 Å². The Morgan fingerprint density at radius 3 is 2.24 bits per heavy atom. The molecule has 0 spiro atoms. The highest BCUT2D eigenvalue weighted by Crippen LogP contribution is 2.22. The lowest BCUT2D eigenvalue weighted by Crippen LogP contribution is -2.30. The van der Waals surface area contributed by atoms with Gasteiger partial charge in [-0.15, -0.1) is 0 Å².